The molecule has 0 bridgehead atoms. The minimum Gasteiger partial charge on any atom is -0.550 e. The number of carboxylic acids is 1. The summed E-state index contributed by atoms with van der Waals surface area (Å²) in [6.07, 6.45) is 0.297. The molecule has 0 atom stereocenters. The Bertz CT molecular complexity index is 726. The Morgan fingerprint density at radius 1 is 0.963 bits per heavy atom. The fraction of sp³-hybridized carbons (Fsp3) is 0.300. The van der Waals surface area contributed by atoms with Gasteiger partial charge in [0.1, 0.15) is 5.75 Å². The molecule has 2 rings (SSSR count). The monoisotopic (exact) mass is 380 g/mol. The van der Waals surface area contributed by atoms with E-state index in [2.05, 4.69) is 0 Å². The molecule has 0 saturated heterocycles. The Morgan fingerprint density at radius 2 is 1.56 bits per heavy atom. The maximum Gasteiger partial charge on any atom is 1.00 e. The van der Waals surface area contributed by atoms with Gasteiger partial charge >= 0.3 is 29.6 Å². The average molecular weight is 380 g/mol. The molecule has 6 nitrogen and oxygen atoms in total. The molecule has 0 N–H and O–H groups in total. The Labute approximate surface area is 180 Å². The molecule has 2 aromatic rings. The molecule has 0 radical (unpaired) electrons. The summed E-state index contributed by atoms with van der Waals surface area (Å²) in [7, 11) is 2.84. The standard InChI is InChI=1S/C20H22O6.Na/c1-24-20(25-2,16-7-4-3-5-8-16)19(23)15-10-12-17(13-11-15)26-14-6-9-18(21)22;/h3-5,7-8,10-13H,6,9,14H2,1-2H3,(H,21,22);/q;+1/p-1. The molecule has 0 aliphatic rings. The molecule has 2 aromatic carbocycles. The summed E-state index contributed by atoms with van der Waals surface area (Å²) in [6.45, 7) is 0.255. The van der Waals surface area contributed by atoms with Crippen LogP contribution in [0.3, 0.4) is 0 Å². The van der Waals surface area contributed by atoms with E-state index < -0.39 is 11.8 Å². The summed E-state index contributed by atoms with van der Waals surface area (Å²) >= 11 is 0. The van der Waals surface area contributed by atoms with Crippen LogP contribution in [0.2, 0.25) is 0 Å². The number of carboxylic acid groups (broad SMARTS) is 1. The van der Waals surface area contributed by atoms with Crippen LogP contribution in [0, 0.1) is 0 Å². The van der Waals surface area contributed by atoms with Crippen molar-refractivity contribution in [3.8, 4) is 5.75 Å². The molecule has 0 spiro atoms. The van der Waals surface area contributed by atoms with E-state index in [0.717, 1.165) is 0 Å². The quantitative estimate of drug-likeness (QED) is 0.226. The third kappa shape index (κ3) is 5.89. The van der Waals surface area contributed by atoms with Gasteiger partial charge in [-0.2, -0.15) is 0 Å². The molecule has 0 fully saturated rings. The first-order valence-corrected chi connectivity index (χ1v) is 8.17. The first-order chi connectivity index (χ1) is 12.5. The van der Waals surface area contributed by atoms with Crippen molar-refractivity contribution in [3.05, 3.63) is 65.7 Å². The molecule has 0 saturated carbocycles. The third-order valence-electron chi connectivity index (χ3n) is 3.94. The van der Waals surface area contributed by atoms with Crippen molar-refractivity contribution in [1.82, 2.24) is 0 Å². The van der Waals surface area contributed by atoms with E-state index in [1.165, 1.54) is 14.2 Å². The number of carbonyl (C=O) groups is 2. The average Bonchev–Trinajstić information content (AvgIpc) is 2.68. The van der Waals surface area contributed by atoms with Crippen molar-refractivity contribution in [2.45, 2.75) is 18.6 Å². The molecule has 27 heavy (non-hydrogen) atoms. The number of rotatable bonds is 10. The van der Waals surface area contributed by atoms with E-state index in [9.17, 15) is 14.7 Å². The van der Waals surface area contributed by atoms with Crippen molar-refractivity contribution in [1.29, 1.82) is 0 Å². The molecular formula is C20H21NaO6. The Kier molecular flexibility index (Phi) is 9.69. The van der Waals surface area contributed by atoms with E-state index in [4.69, 9.17) is 14.2 Å². The maximum absolute atomic E-state index is 13.0. The number of hydrogen-bond donors (Lipinski definition) is 0. The zero-order valence-electron chi connectivity index (χ0n) is 15.8. The number of methoxy groups -OCH3 is 2. The molecule has 0 heterocycles. The summed E-state index contributed by atoms with van der Waals surface area (Å²) in [5.74, 6) is -2.43. The molecule has 0 amide bonds. The van der Waals surface area contributed by atoms with Crippen LogP contribution in [-0.2, 0) is 20.1 Å². The van der Waals surface area contributed by atoms with Crippen molar-refractivity contribution >= 4 is 11.8 Å². The number of ether oxygens (including phenoxy) is 3. The second-order valence-corrected chi connectivity index (χ2v) is 5.57. The van der Waals surface area contributed by atoms with Gasteiger partial charge in [0.15, 0.2) is 0 Å². The Hall–Kier alpha value is -1.70. The van der Waals surface area contributed by atoms with Crippen LogP contribution in [0.4, 0.5) is 0 Å². The number of carbonyl (C=O) groups excluding carboxylic acids is 2. The molecule has 138 valence electrons. The van der Waals surface area contributed by atoms with Crippen molar-refractivity contribution in [2.75, 3.05) is 20.8 Å². The second kappa shape index (κ2) is 11.2. The van der Waals surface area contributed by atoms with Gasteiger partial charge in [-0.25, -0.2) is 0 Å². The van der Waals surface area contributed by atoms with Gasteiger partial charge in [-0.15, -0.1) is 0 Å². The SMILES string of the molecule is COC(OC)(C(=O)c1ccc(OCCCC(=O)[O-])cc1)c1ccccc1.[Na+]. The van der Waals surface area contributed by atoms with Gasteiger partial charge in [-0.1, -0.05) is 30.3 Å². The van der Waals surface area contributed by atoms with Crippen LogP contribution in [0.15, 0.2) is 54.6 Å². The van der Waals surface area contributed by atoms with Crippen molar-refractivity contribution in [3.63, 3.8) is 0 Å². The van der Waals surface area contributed by atoms with Crippen molar-refractivity contribution < 1.29 is 58.5 Å². The first-order valence-electron chi connectivity index (χ1n) is 8.17. The number of Topliss-reactive ketones (excluding diaryl/α,β-unsaturated/α-hetero) is 1. The van der Waals surface area contributed by atoms with E-state index in [1.807, 2.05) is 6.07 Å². The van der Waals surface area contributed by atoms with E-state index in [0.29, 0.717) is 23.3 Å². The minimum absolute atomic E-state index is 0. The second-order valence-electron chi connectivity index (χ2n) is 5.57. The summed E-state index contributed by atoms with van der Waals surface area (Å²) in [6, 6.07) is 15.5. The van der Waals surface area contributed by atoms with Crippen LogP contribution >= 0.6 is 0 Å². The van der Waals surface area contributed by atoms with Crippen LogP contribution in [0.25, 0.3) is 0 Å². The number of hydrogen-bond acceptors (Lipinski definition) is 6. The predicted octanol–water partition coefficient (Wildman–Crippen LogP) is -1.07. The largest absolute Gasteiger partial charge is 1.00 e. The normalized spacial score (nSPS) is 10.7. The first kappa shape index (κ1) is 23.3. The predicted molar refractivity (Wildman–Crippen MR) is 92.6 cm³/mol. The van der Waals surface area contributed by atoms with Crippen molar-refractivity contribution in [2.24, 2.45) is 0 Å². The summed E-state index contributed by atoms with van der Waals surface area (Å²) in [4.78, 5) is 23.4. The van der Waals surface area contributed by atoms with E-state index in [-0.39, 0.29) is 48.4 Å². The fourth-order valence-electron chi connectivity index (χ4n) is 2.59. The van der Waals surface area contributed by atoms with Gasteiger partial charge in [0.05, 0.1) is 6.61 Å². The molecule has 0 unspecified atom stereocenters. The maximum atomic E-state index is 13.0. The summed E-state index contributed by atoms with van der Waals surface area (Å²) < 4.78 is 16.4. The number of aliphatic carboxylic acids is 1. The van der Waals surface area contributed by atoms with Gasteiger partial charge in [0, 0.05) is 31.3 Å². The van der Waals surface area contributed by atoms with Crippen LogP contribution in [0.5, 0.6) is 5.75 Å². The molecule has 0 aromatic heterocycles. The van der Waals surface area contributed by atoms with Gasteiger partial charge in [-0.3, -0.25) is 4.79 Å². The topological polar surface area (TPSA) is 84.9 Å². The van der Waals surface area contributed by atoms with Gasteiger partial charge < -0.3 is 24.1 Å². The summed E-state index contributed by atoms with van der Waals surface area (Å²) in [5.41, 5.74) is 0.997. The molecule has 7 heteroatoms. The van der Waals surface area contributed by atoms with E-state index >= 15 is 0 Å². The van der Waals surface area contributed by atoms with Crippen LogP contribution in [-0.4, -0.2) is 32.6 Å². The molecular weight excluding hydrogens is 359 g/mol. The molecule has 0 aliphatic carbocycles. The summed E-state index contributed by atoms with van der Waals surface area (Å²) in [5, 5.41) is 10.4. The van der Waals surface area contributed by atoms with Gasteiger partial charge in [0.2, 0.25) is 5.78 Å². The molecule has 0 aliphatic heterocycles. The minimum atomic E-state index is -1.53. The Balaban J connectivity index is 0.00000364. The van der Waals surface area contributed by atoms with Crippen LogP contribution < -0.4 is 39.4 Å². The number of ketones is 1. The fourth-order valence-corrected chi connectivity index (χ4v) is 2.59. The van der Waals surface area contributed by atoms with Gasteiger partial charge in [-0.05, 0) is 37.1 Å². The third-order valence-corrected chi connectivity index (χ3v) is 3.94. The van der Waals surface area contributed by atoms with Crippen LogP contribution in [0.1, 0.15) is 28.8 Å². The number of benzene rings is 2. The zero-order valence-corrected chi connectivity index (χ0v) is 17.8. The zero-order chi connectivity index (χ0) is 19.0. The Morgan fingerprint density at radius 3 is 2.07 bits per heavy atom. The smallest absolute Gasteiger partial charge is 0.550 e. The van der Waals surface area contributed by atoms with Gasteiger partial charge in [0.25, 0.3) is 5.79 Å². The van der Waals surface area contributed by atoms with E-state index in [1.54, 1.807) is 48.5 Å².